The van der Waals surface area contributed by atoms with E-state index in [1.807, 2.05) is 30.3 Å². The molecule has 110 valence electrons. The first kappa shape index (κ1) is 13.8. The maximum atomic E-state index is 11.4. The maximum absolute atomic E-state index is 11.4. The zero-order valence-electron chi connectivity index (χ0n) is 11.9. The summed E-state index contributed by atoms with van der Waals surface area (Å²) in [6.45, 7) is 0.754. The Morgan fingerprint density at radius 3 is 2.57 bits per heavy atom. The van der Waals surface area contributed by atoms with Gasteiger partial charge >= 0.3 is 5.97 Å². The lowest BCUT2D eigenvalue weighted by Crippen LogP contribution is -2.16. The molecule has 2 aromatic rings. The van der Waals surface area contributed by atoms with Crippen LogP contribution in [0.1, 0.15) is 42.6 Å². The van der Waals surface area contributed by atoms with Gasteiger partial charge in [0.2, 0.25) is 0 Å². The predicted molar refractivity (Wildman–Crippen MR) is 79.0 cm³/mol. The Labute approximate surface area is 123 Å². The van der Waals surface area contributed by atoms with Crippen LogP contribution in [0.15, 0.2) is 30.3 Å². The van der Waals surface area contributed by atoms with E-state index in [1.54, 1.807) is 4.68 Å². The highest BCUT2D eigenvalue weighted by Crippen LogP contribution is 2.28. The standard InChI is InChI=1S/C16H19N3O2/c20-16(21)14-15(13-9-5-2-6-10-13)19(18-17-14)11-12-7-3-1-4-8-12/h2,5-6,9-10,12H,1,3-4,7-8,11H2,(H,20,21). The fourth-order valence-electron chi connectivity index (χ4n) is 3.08. The third-order valence-corrected chi connectivity index (χ3v) is 4.14. The van der Waals surface area contributed by atoms with Crippen molar-refractivity contribution in [1.29, 1.82) is 0 Å². The van der Waals surface area contributed by atoms with Crippen LogP contribution in [0.25, 0.3) is 11.3 Å². The van der Waals surface area contributed by atoms with E-state index in [-0.39, 0.29) is 5.69 Å². The molecule has 0 spiro atoms. The maximum Gasteiger partial charge on any atom is 0.358 e. The average Bonchev–Trinajstić information content (AvgIpc) is 2.93. The average molecular weight is 285 g/mol. The molecule has 5 heteroatoms. The third kappa shape index (κ3) is 2.96. The van der Waals surface area contributed by atoms with Crippen LogP contribution in [0.5, 0.6) is 0 Å². The molecule has 21 heavy (non-hydrogen) atoms. The molecule has 1 aliphatic rings. The molecule has 1 aromatic carbocycles. The second-order valence-electron chi connectivity index (χ2n) is 5.64. The van der Waals surface area contributed by atoms with Crippen molar-refractivity contribution in [2.75, 3.05) is 0 Å². The van der Waals surface area contributed by atoms with Gasteiger partial charge < -0.3 is 5.11 Å². The molecule has 1 N–H and O–H groups in total. The molecule has 0 bridgehead atoms. The summed E-state index contributed by atoms with van der Waals surface area (Å²) in [4.78, 5) is 11.4. The number of benzene rings is 1. The minimum absolute atomic E-state index is 0.0389. The van der Waals surface area contributed by atoms with Crippen molar-refractivity contribution in [3.63, 3.8) is 0 Å². The summed E-state index contributed by atoms with van der Waals surface area (Å²) in [5.74, 6) is -0.451. The molecule has 1 aliphatic carbocycles. The topological polar surface area (TPSA) is 68.0 Å². The van der Waals surface area contributed by atoms with Gasteiger partial charge in [0, 0.05) is 12.1 Å². The first-order valence-electron chi connectivity index (χ1n) is 7.48. The van der Waals surface area contributed by atoms with Gasteiger partial charge in [-0.2, -0.15) is 0 Å². The molecule has 0 aliphatic heterocycles. The van der Waals surface area contributed by atoms with Crippen molar-refractivity contribution in [1.82, 2.24) is 15.0 Å². The number of aromatic nitrogens is 3. The van der Waals surface area contributed by atoms with Gasteiger partial charge in [-0.05, 0) is 18.8 Å². The minimum Gasteiger partial charge on any atom is -0.476 e. The molecule has 1 aromatic heterocycles. The second-order valence-corrected chi connectivity index (χ2v) is 5.64. The molecule has 1 fully saturated rings. The number of carboxylic acid groups (broad SMARTS) is 1. The Morgan fingerprint density at radius 1 is 1.19 bits per heavy atom. The summed E-state index contributed by atoms with van der Waals surface area (Å²) in [5, 5.41) is 17.3. The number of carbonyl (C=O) groups is 1. The molecule has 1 saturated carbocycles. The van der Waals surface area contributed by atoms with Crippen LogP contribution in [0.2, 0.25) is 0 Å². The lowest BCUT2D eigenvalue weighted by Gasteiger charge is -2.22. The summed E-state index contributed by atoms with van der Waals surface area (Å²) in [7, 11) is 0. The smallest absolute Gasteiger partial charge is 0.358 e. The zero-order chi connectivity index (χ0) is 14.7. The van der Waals surface area contributed by atoms with Crippen molar-refractivity contribution in [3.8, 4) is 11.3 Å². The number of hydrogen-bond acceptors (Lipinski definition) is 3. The zero-order valence-corrected chi connectivity index (χ0v) is 11.9. The largest absolute Gasteiger partial charge is 0.476 e. The van der Waals surface area contributed by atoms with Crippen LogP contribution >= 0.6 is 0 Å². The molecule has 0 radical (unpaired) electrons. The summed E-state index contributed by atoms with van der Waals surface area (Å²) < 4.78 is 1.77. The van der Waals surface area contributed by atoms with Crippen LogP contribution < -0.4 is 0 Å². The highest BCUT2D eigenvalue weighted by atomic mass is 16.4. The summed E-state index contributed by atoms with van der Waals surface area (Å²) in [6.07, 6.45) is 6.20. The number of rotatable bonds is 4. The molecule has 0 atom stereocenters. The van der Waals surface area contributed by atoms with E-state index in [1.165, 1.54) is 32.1 Å². The third-order valence-electron chi connectivity index (χ3n) is 4.14. The highest BCUT2D eigenvalue weighted by Gasteiger charge is 2.23. The first-order valence-corrected chi connectivity index (χ1v) is 7.48. The van der Waals surface area contributed by atoms with Crippen molar-refractivity contribution < 1.29 is 9.90 Å². The van der Waals surface area contributed by atoms with Gasteiger partial charge in [0.1, 0.15) is 5.69 Å². The molecule has 5 nitrogen and oxygen atoms in total. The molecule has 3 rings (SSSR count). The molecular formula is C16H19N3O2. The minimum atomic E-state index is -1.02. The Balaban J connectivity index is 1.95. The van der Waals surface area contributed by atoms with E-state index in [0.717, 1.165) is 12.1 Å². The van der Waals surface area contributed by atoms with E-state index < -0.39 is 5.97 Å². The normalized spacial score (nSPS) is 16.0. The predicted octanol–water partition coefficient (Wildman–Crippen LogP) is 3.22. The van der Waals surface area contributed by atoms with Crippen LogP contribution in [-0.4, -0.2) is 26.1 Å². The number of aromatic carboxylic acids is 1. The van der Waals surface area contributed by atoms with Gasteiger partial charge in [-0.3, -0.25) is 0 Å². The van der Waals surface area contributed by atoms with Crippen molar-refractivity contribution in [2.24, 2.45) is 5.92 Å². The number of nitrogens with zero attached hydrogens (tertiary/aromatic N) is 3. The van der Waals surface area contributed by atoms with Gasteiger partial charge in [0.25, 0.3) is 0 Å². The van der Waals surface area contributed by atoms with Crippen LogP contribution in [-0.2, 0) is 6.54 Å². The van der Waals surface area contributed by atoms with Crippen molar-refractivity contribution >= 4 is 5.97 Å². The van der Waals surface area contributed by atoms with Crippen molar-refractivity contribution in [2.45, 2.75) is 38.6 Å². The number of carboxylic acids is 1. The van der Waals surface area contributed by atoms with E-state index in [9.17, 15) is 9.90 Å². The SMILES string of the molecule is O=C(O)c1nnn(CC2CCCCC2)c1-c1ccccc1. The van der Waals surface area contributed by atoms with Gasteiger partial charge in [-0.15, -0.1) is 5.10 Å². The summed E-state index contributed by atoms with van der Waals surface area (Å²) >= 11 is 0. The van der Waals surface area contributed by atoms with E-state index in [0.29, 0.717) is 11.6 Å². The molecule has 0 unspecified atom stereocenters. The molecule has 1 heterocycles. The van der Waals surface area contributed by atoms with E-state index >= 15 is 0 Å². The molecule has 0 amide bonds. The van der Waals surface area contributed by atoms with Crippen LogP contribution in [0.4, 0.5) is 0 Å². The quantitative estimate of drug-likeness (QED) is 0.936. The van der Waals surface area contributed by atoms with E-state index in [4.69, 9.17) is 0 Å². The Kier molecular flexibility index (Phi) is 3.99. The van der Waals surface area contributed by atoms with Gasteiger partial charge in [0.15, 0.2) is 5.69 Å². The Hall–Kier alpha value is -2.17. The first-order chi connectivity index (χ1) is 10.3. The lowest BCUT2D eigenvalue weighted by atomic mass is 9.89. The Morgan fingerprint density at radius 2 is 1.90 bits per heavy atom. The molecular weight excluding hydrogens is 266 g/mol. The van der Waals surface area contributed by atoms with Crippen molar-refractivity contribution in [3.05, 3.63) is 36.0 Å². The van der Waals surface area contributed by atoms with Crippen LogP contribution in [0.3, 0.4) is 0 Å². The monoisotopic (exact) mass is 285 g/mol. The lowest BCUT2D eigenvalue weighted by molar-refractivity contribution is 0.0691. The summed E-state index contributed by atoms with van der Waals surface area (Å²) in [5.41, 5.74) is 1.52. The Bertz CT molecular complexity index is 616. The second kappa shape index (κ2) is 6.08. The number of hydrogen-bond donors (Lipinski definition) is 1. The van der Waals surface area contributed by atoms with E-state index in [2.05, 4.69) is 10.3 Å². The van der Waals surface area contributed by atoms with Gasteiger partial charge in [-0.25, -0.2) is 9.48 Å². The highest BCUT2D eigenvalue weighted by molar-refractivity contribution is 5.92. The van der Waals surface area contributed by atoms with Gasteiger partial charge in [0.05, 0.1) is 0 Å². The fourth-order valence-corrected chi connectivity index (χ4v) is 3.08. The summed E-state index contributed by atoms with van der Waals surface area (Å²) in [6, 6.07) is 9.53. The van der Waals surface area contributed by atoms with Crippen LogP contribution in [0, 0.1) is 5.92 Å². The molecule has 0 saturated heterocycles. The fraction of sp³-hybridized carbons (Fsp3) is 0.438. The van der Waals surface area contributed by atoms with Gasteiger partial charge in [-0.1, -0.05) is 54.8 Å².